The molecule has 1 atom stereocenters. The van der Waals surface area contributed by atoms with Gasteiger partial charge >= 0.3 is 0 Å². The van der Waals surface area contributed by atoms with Crippen molar-refractivity contribution in [3.8, 4) is 10.4 Å². The lowest BCUT2D eigenvalue weighted by molar-refractivity contribution is 0.0736. The van der Waals surface area contributed by atoms with Crippen LogP contribution in [0.1, 0.15) is 34.8 Å². The number of hydrogen-bond acceptors (Lipinski definition) is 3. The second kappa shape index (κ2) is 6.01. The summed E-state index contributed by atoms with van der Waals surface area (Å²) in [6.45, 7) is 0.829. The summed E-state index contributed by atoms with van der Waals surface area (Å²) < 4.78 is 0. The van der Waals surface area contributed by atoms with Crippen molar-refractivity contribution in [3.05, 3.63) is 65.3 Å². The molecule has 0 saturated carbocycles. The Morgan fingerprint density at radius 3 is 2.96 bits per heavy atom. The monoisotopic (exact) mass is 323 g/mol. The first-order chi connectivity index (χ1) is 11.3. The molecule has 116 valence electrons. The van der Waals surface area contributed by atoms with Gasteiger partial charge in [-0.3, -0.25) is 9.89 Å². The largest absolute Gasteiger partial charge is 0.332 e. The second-order valence-electron chi connectivity index (χ2n) is 5.75. The van der Waals surface area contributed by atoms with Crippen LogP contribution in [0.4, 0.5) is 0 Å². The van der Waals surface area contributed by atoms with Crippen molar-refractivity contribution in [1.29, 1.82) is 0 Å². The van der Waals surface area contributed by atoms with Gasteiger partial charge in [-0.05, 0) is 24.5 Å². The number of carbonyl (C=O) groups excluding carboxylic acids is 1. The molecule has 4 nitrogen and oxygen atoms in total. The van der Waals surface area contributed by atoms with Crippen LogP contribution in [-0.4, -0.2) is 27.5 Å². The number of nitrogens with one attached hydrogen (secondary N) is 1. The van der Waals surface area contributed by atoms with Crippen LogP contribution in [-0.2, 0) is 0 Å². The predicted molar refractivity (Wildman–Crippen MR) is 91.4 cm³/mol. The Morgan fingerprint density at radius 2 is 2.17 bits per heavy atom. The SMILES string of the molecule is O=C(c1csc(-c2cn[nH]c2)c1)N1CCCC1c1ccccc1. The number of aromatic amines is 1. The fourth-order valence-electron chi connectivity index (χ4n) is 3.18. The van der Waals surface area contributed by atoms with Crippen molar-refractivity contribution < 1.29 is 4.79 Å². The van der Waals surface area contributed by atoms with Crippen molar-refractivity contribution in [2.24, 2.45) is 0 Å². The zero-order valence-corrected chi connectivity index (χ0v) is 13.4. The summed E-state index contributed by atoms with van der Waals surface area (Å²) in [5, 5.41) is 8.73. The summed E-state index contributed by atoms with van der Waals surface area (Å²) in [5.74, 6) is 0.127. The first kappa shape index (κ1) is 14.2. The maximum absolute atomic E-state index is 12.9. The van der Waals surface area contributed by atoms with Crippen molar-refractivity contribution in [1.82, 2.24) is 15.1 Å². The van der Waals surface area contributed by atoms with Gasteiger partial charge in [0.15, 0.2) is 0 Å². The number of hydrogen-bond donors (Lipinski definition) is 1. The van der Waals surface area contributed by atoms with Crippen molar-refractivity contribution in [2.75, 3.05) is 6.54 Å². The maximum atomic E-state index is 12.9. The first-order valence-corrected chi connectivity index (χ1v) is 8.64. The normalized spacial score (nSPS) is 17.6. The molecule has 1 fully saturated rings. The van der Waals surface area contributed by atoms with Gasteiger partial charge in [0, 0.05) is 28.6 Å². The summed E-state index contributed by atoms with van der Waals surface area (Å²) in [4.78, 5) is 16.0. The summed E-state index contributed by atoms with van der Waals surface area (Å²) in [6.07, 6.45) is 5.73. The van der Waals surface area contributed by atoms with E-state index in [4.69, 9.17) is 0 Å². The lowest BCUT2D eigenvalue weighted by Crippen LogP contribution is -2.30. The first-order valence-electron chi connectivity index (χ1n) is 7.76. The van der Waals surface area contributed by atoms with Crippen molar-refractivity contribution >= 4 is 17.2 Å². The highest BCUT2D eigenvalue weighted by molar-refractivity contribution is 7.13. The second-order valence-corrected chi connectivity index (χ2v) is 6.67. The number of likely N-dealkylation sites (tertiary alicyclic amines) is 1. The zero-order chi connectivity index (χ0) is 15.6. The average Bonchev–Trinajstić information content (AvgIpc) is 3.35. The average molecular weight is 323 g/mol. The summed E-state index contributed by atoms with van der Waals surface area (Å²) in [6, 6.07) is 12.5. The zero-order valence-electron chi connectivity index (χ0n) is 12.6. The number of aromatic nitrogens is 2. The summed E-state index contributed by atoms with van der Waals surface area (Å²) >= 11 is 1.58. The van der Waals surface area contributed by atoms with Crippen LogP contribution in [0.15, 0.2) is 54.2 Å². The molecule has 0 spiro atoms. The Balaban J connectivity index is 1.59. The molecular weight excluding hydrogens is 306 g/mol. The van der Waals surface area contributed by atoms with Crippen LogP contribution >= 0.6 is 11.3 Å². The number of amides is 1. The van der Waals surface area contributed by atoms with Gasteiger partial charge in [0.1, 0.15) is 0 Å². The van der Waals surface area contributed by atoms with Gasteiger partial charge in [0.2, 0.25) is 0 Å². The molecule has 0 bridgehead atoms. The van der Waals surface area contributed by atoms with Crippen LogP contribution in [0.5, 0.6) is 0 Å². The molecule has 0 radical (unpaired) electrons. The van der Waals surface area contributed by atoms with Crippen LogP contribution in [0.25, 0.3) is 10.4 Å². The van der Waals surface area contributed by atoms with E-state index in [0.29, 0.717) is 0 Å². The van der Waals surface area contributed by atoms with Gasteiger partial charge in [-0.2, -0.15) is 5.10 Å². The predicted octanol–water partition coefficient (Wildman–Crippen LogP) is 4.12. The van der Waals surface area contributed by atoms with Crippen molar-refractivity contribution in [2.45, 2.75) is 18.9 Å². The smallest absolute Gasteiger partial charge is 0.255 e. The van der Waals surface area contributed by atoms with Crippen LogP contribution < -0.4 is 0 Å². The standard InChI is InChI=1S/C18H17N3OS/c22-18(14-9-17(23-12-14)15-10-19-20-11-15)21-8-4-7-16(21)13-5-2-1-3-6-13/h1-3,5-6,9-12,16H,4,7-8H2,(H,19,20). The molecule has 1 N–H and O–H groups in total. The lowest BCUT2D eigenvalue weighted by Gasteiger charge is -2.24. The van der Waals surface area contributed by atoms with E-state index in [1.165, 1.54) is 5.56 Å². The third kappa shape index (κ3) is 2.68. The number of nitrogens with zero attached hydrogens (tertiary/aromatic N) is 2. The fraction of sp³-hybridized carbons (Fsp3) is 0.222. The maximum Gasteiger partial charge on any atom is 0.255 e. The molecular formula is C18H17N3OS. The molecule has 1 saturated heterocycles. The number of benzene rings is 1. The summed E-state index contributed by atoms with van der Waals surface area (Å²) in [7, 11) is 0. The molecule has 1 aliphatic heterocycles. The molecule has 3 aromatic rings. The Labute approximate surface area is 138 Å². The molecule has 3 heterocycles. The molecule has 1 aliphatic rings. The quantitative estimate of drug-likeness (QED) is 0.788. The highest BCUT2D eigenvalue weighted by atomic mass is 32.1. The van der Waals surface area contributed by atoms with E-state index in [1.807, 2.05) is 40.7 Å². The van der Waals surface area contributed by atoms with E-state index >= 15 is 0 Å². The van der Waals surface area contributed by atoms with Gasteiger partial charge in [0.05, 0.1) is 17.8 Å². The van der Waals surface area contributed by atoms with E-state index in [9.17, 15) is 4.79 Å². The molecule has 1 amide bonds. The van der Waals surface area contributed by atoms with E-state index in [0.717, 1.165) is 35.4 Å². The van der Waals surface area contributed by atoms with Crippen LogP contribution in [0.2, 0.25) is 0 Å². The van der Waals surface area contributed by atoms with Gasteiger partial charge in [-0.1, -0.05) is 30.3 Å². The summed E-state index contributed by atoms with van der Waals surface area (Å²) in [5.41, 5.74) is 3.02. The van der Waals surface area contributed by atoms with E-state index in [-0.39, 0.29) is 11.9 Å². The highest BCUT2D eigenvalue weighted by Crippen LogP contribution is 2.34. The third-order valence-electron chi connectivity index (χ3n) is 4.33. The number of rotatable bonds is 3. The third-order valence-corrected chi connectivity index (χ3v) is 5.31. The van der Waals surface area contributed by atoms with Gasteiger partial charge < -0.3 is 4.90 Å². The van der Waals surface area contributed by atoms with Crippen LogP contribution in [0, 0.1) is 0 Å². The lowest BCUT2D eigenvalue weighted by atomic mass is 10.0. The Hall–Kier alpha value is -2.40. The molecule has 23 heavy (non-hydrogen) atoms. The molecule has 1 aromatic carbocycles. The minimum Gasteiger partial charge on any atom is -0.332 e. The van der Waals surface area contributed by atoms with Crippen LogP contribution in [0.3, 0.4) is 0 Å². The minimum atomic E-state index is 0.127. The molecule has 4 rings (SSSR count). The van der Waals surface area contributed by atoms with Gasteiger partial charge in [-0.15, -0.1) is 11.3 Å². The van der Waals surface area contributed by atoms with Crippen molar-refractivity contribution in [3.63, 3.8) is 0 Å². The molecule has 0 aliphatic carbocycles. The number of thiophene rings is 1. The number of H-pyrrole nitrogens is 1. The fourth-order valence-corrected chi connectivity index (χ4v) is 4.05. The van der Waals surface area contributed by atoms with E-state index in [2.05, 4.69) is 22.3 Å². The Kier molecular flexibility index (Phi) is 3.71. The highest BCUT2D eigenvalue weighted by Gasteiger charge is 2.30. The molecule has 2 aromatic heterocycles. The van der Waals surface area contributed by atoms with E-state index < -0.39 is 0 Å². The molecule has 1 unspecified atom stereocenters. The topological polar surface area (TPSA) is 49.0 Å². The van der Waals surface area contributed by atoms with Gasteiger partial charge in [0.25, 0.3) is 5.91 Å². The van der Waals surface area contributed by atoms with E-state index in [1.54, 1.807) is 17.5 Å². The number of carbonyl (C=O) groups is 1. The Bertz CT molecular complexity index is 795. The minimum absolute atomic E-state index is 0.127. The Morgan fingerprint density at radius 1 is 1.30 bits per heavy atom. The van der Waals surface area contributed by atoms with Gasteiger partial charge in [-0.25, -0.2) is 0 Å². The molecule has 5 heteroatoms.